The second-order valence-electron chi connectivity index (χ2n) is 3.34. The maximum absolute atomic E-state index is 11.0. The molecule has 3 N–H and O–H groups in total. The highest BCUT2D eigenvalue weighted by Gasteiger charge is 2.17. The van der Waals surface area contributed by atoms with Gasteiger partial charge >= 0.3 is 5.97 Å². The van der Waals surface area contributed by atoms with Crippen LogP contribution in [0.25, 0.3) is 0 Å². The van der Waals surface area contributed by atoms with Crippen LogP contribution in [0.1, 0.15) is 15.9 Å². The Kier molecular flexibility index (Phi) is 3.11. The molecule has 0 heterocycles. The lowest BCUT2D eigenvalue weighted by atomic mass is 10.1. The van der Waals surface area contributed by atoms with E-state index in [1.165, 1.54) is 12.1 Å². The van der Waals surface area contributed by atoms with E-state index in [9.17, 15) is 13.2 Å². The molecule has 0 fully saturated rings. The zero-order valence-corrected chi connectivity index (χ0v) is 9.21. The molecular weight excluding hydrogens is 218 g/mol. The number of primary sulfonamides is 1. The molecule has 6 heteroatoms. The van der Waals surface area contributed by atoms with Crippen LogP contribution in [-0.2, 0) is 10.0 Å². The van der Waals surface area contributed by atoms with Crippen molar-refractivity contribution in [1.82, 2.24) is 0 Å². The fourth-order valence-corrected chi connectivity index (χ4v) is 1.86. The van der Waals surface area contributed by atoms with Gasteiger partial charge in [-0.3, -0.25) is 0 Å². The number of aryl methyl sites for hydroxylation is 1. The third-order valence-corrected chi connectivity index (χ3v) is 2.46. The molecule has 0 radical (unpaired) electrons. The summed E-state index contributed by atoms with van der Waals surface area (Å²) in [4.78, 5) is 10.8. The number of carboxylic acids is 1. The molecular formula is C9H12NO4S+. The van der Waals surface area contributed by atoms with E-state index in [1.54, 1.807) is 13.0 Å². The van der Waals surface area contributed by atoms with Gasteiger partial charge < -0.3 is 5.11 Å². The van der Waals surface area contributed by atoms with E-state index in [0.717, 1.165) is 16.5 Å². The predicted octanol–water partition coefficient (Wildman–Crippen LogP) is -0.152. The molecule has 5 nitrogen and oxygen atoms in total. The van der Waals surface area contributed by atoms with Gasteiger partial charge in [0.05, 0.1) is 6.26 Å². The average Bonchev–Trinajstić information content (AvgIpc) is 2.05. The van der Waals surface area contributed by atoms with Gasteiger partial charge in [-0.1, -0.05) is 6.07 Å². The zero-order chi connectivity index (χ0) is 11.6. The molecule has 0 saturated carbocycles. The molecule has 0 aliphatic carbocycles. The molecule has 0 spiro atoms. The monoisotopic (exact) mass is 230 g/mol. The van der Waals surface area contributed by atoms with E-state index in [1.807, 2.05) is 0 Å². The number of carboxylic acid groups (broad SMARTS) is 1. The molecule has 0 atom stereocenters. The summed E-state index contributed by atoms with van der Waals surface area (Å²) >= 11 is 0. The minimum Gasteiger partial charge on any atom is -0.477 e. The minimum atomic E-state index is -3.33. The van der Waals surface area contributed by atoms with Gasteiger partial charge in [0.2, 0.25) is 0 Å². The summed E-state index contributed by atoms with van der Waals surface area (Å²) < 4.78 is 23.0. The van der Waals surface area contributed by atoms with Crippen LogP contribution in [0.2, 0.25) is 0 Å². The summed E-state index contributed by atoms with van der Waals surface area (Å²) in [5.74, 6) is -1.13. The van der Waals surface area contributed by atoms with E-state index >= 15 is 0 Å². The van der Waals surface area contributed by atoms with E-state index in [4.69, 9.17) is 5.11 Å². The van der Waals surface area contributed by atoms with Crippen LogP contribution in [0.15, 0.2) is 18.2 Å². The average molecular weight is 230 g/mol. The molecule has 0 saturated heterocycles. The van der Waals surface area contributed by atoms with Gasteiger partial charge in [0.25, 0.3) is 10.0 Å². The van der Waals surface area contributed by atoms with Crippen LogP contribution in [0.3, 0.4) is 0 Å². The zero-order valence-electron chi connectivity index (χ0n) is 8.39. The van der Waals surface area contributed by atoms with E-state index in [0.29, 0.717) is 0 Å². The highest BCUT2D eigenvalue weighted by Crippen LogP contribution is 2.12. The smallest absolute Gasteiger partial charge is 0.341 e. The van der Waals surface area contributed by atoms with Crippen molar-refractivity contribution in [3.8, 4) is 0 Å². The van der Waals surface area contributed by atoms with Crippen molar-refractivity contribution in [1.29, 1.82) is 0 Å². The molecule has 82 valence electrons. The maximum atomic E-state index is 11.0. The molecule has 1 aromatic rings. The second kappa shape index (κ2) is 4.00. The lowest BCUT2D eigenvalue weighted by Gasteiger charge is -2.03. The Balaban J connectivity index is 3.24. The molecule has 0 unspecified atom stereocenters. The Morgan fingerprint density at radius 3 is 2.47 bits per heavy atom. The number of hydrogen-bond acceptors (Lipinski definition) is 3. The van der Waals surface area contributed by atoms with Gasteiger partial charge in [0, 0.05) is 6.07 Å². The third-order valence-electron chi connectivity index (χ3n) is 1.78. The van der Waals surface area contributed by atoms with Gasteiger partial charge in [-0.15, -0.1) is 0 Å². The van der Waals surface area contributed by atoms with Gasteiger partial charge in [0.1, 0.15) is 5.56 Å². The van der Waals surface area contributed by atoms with Crippen LogP contribution < -0.4 is 4.72 Å². The first-order valence-corrected chi connectivity index (χ1v) is 6.14. The van der Waals surface area contributed by atoms with Crippen molar-refractivity contribution in [2.45, 2.75) is 6.92 Å². The Morgan fingerprint density at radius 2 is 2.00 bits per heavy atom. The first-order chi connectivity index (χ1) is 6.79. The molecule has 0 aliphatic heterocycles. The lowest BCUT2D eigenvalue weighted by molar-refractivity contribution is -0.396. The number of aromatic carboxylic acids is 1. The standard InChI is InChI=1S/C9H11NO4S/c1-6-3-4-8(10-15(2,13)14)7(5-6)9(11)12/h3-5,10H,1-2H3,(H,11,12)/p+1. The van der Waals surface area contributed by atoms with Gasteiger partial charge in [-0.2, -0.15) is 8.42 Å². The fourth-order valence-electron chi connectivity index (χ4n) is 1.19. The highest BCUT2D eigenvalue weighted by atomic mass is 32.2. The van der Waals surface area contributed by atoms with Crippen LogP contribution in [0.4, 0.5) is 5.69 Å². The predicted molar refractivity (Wildman–Crippen MR) is 54.6 cm³/mol. The number of nitrogens with two attached hydrogens (primary N) is 1. The Hall–Kier alpha value is -1.40. The third kappa shape index (κ3) is 3.34. The van der Waals surface area contributed by atoms with Gasteiger partial charge in [0.15, 0.2) is 5.69 Å². The number of hydrogen-bond donors (Lipinski definition) is 2. The molecule has 15 heavy (non-hydrogen) atoms. The maximum Gasteiger partial charge on any atom is 0.341 e. The number of rotatable bonds is 3. The summed E-state index contributed by atoms with van der Waals surface area (Å²) in [7, 11) is -3.33. The normalized spacial score (nSPS) is 11.3. The summed E-state index contributed by atoms with van der Waals surface area (Å²) in [6.07, 6.45) is 1.03. The van der Waals surface area contributed by atoms with Crippen LogP contribution >= 0.6 is 0 Å². The van der Waals surface area contributed by atoms with Crippen molar-refractivity contribution in [2.24, 2.45) is 0 Å². The highest BCUT2D eigenvalue weighted by molar-refractivity contribution is 7.84. The van der Waals surface area contributed by atoms with Crippen molar-refractivity contribution < 1.29 is 23.0 Å². The molecule has 1 rings (SSSR count). The second-order valence-corrected chi connectivity index (χ2v) is 5.24. The summed E-state index contributed by atoms with van der Waals surface area (Å²) in [6, 6.07) is 4.60. The summed E-state index contributed by atoms with van der Waals surface area (Å²) in [5.41, 5.74) is 0.981. The first-order valence-electron chi connectivity index (χ1n) is 4.18. The van der Waals surface area contributed by atoms with E-state index in [2.05, 4.69) is 0 Å². The SMILES string of the molecule is Cc1ccc([NH2+]S(C)(=O)=O)c(C(=O)O)c1. The molecule has 0 aliphatic rings. The summed E-state index contributed by atoms with van der Waals surface area (Å²) in [5, 5.41) is 8.87. The largest absolute Gasteiger partial charge is 0.477 e. The topological polar surface area (TPSA) is 88.0 Å². The van der Waals surface area contributed by atoms with Crippen molar-refractivity contribution in [3.05, 3.63) is 29.3 Å². The minimum absolute atomic E-state index is 0.000394. The van der Waals surface area contributed by atoms with Crippen molar-refractivity contribution >= 4 is 21.7 Å². The number of benzene rings is 1. The Morgan fingerprint density at radius 1 is 1.40 bits per heavy atom. The molecule has 1 aromatic carbocycles. The molecule has 0 amide bonds. The van der Waals surface area contributed by atoms with E-state index in [-0.39, 0.29) is 11.3 Å². The summed E-state index contributed by atoms with van der Waals surface area (Å²) in [6.45, 7) is 1.75. The number of sulfonamides is 1. The lowest BCUT2D eigenvalue weighted by Crippen LogP contribution is -2.81. The van der Waals surface area contributed by atoms with Crippen LogP contribution in [0, 0.1) is 6.92 Å². The van der Waals surface area contributed by atoms with Gasteiger partial charge in [-0.05, 0) is 18.6 Å². The van der Waals surface area contributed by atoms with Crippen molar-refractivity contribution in [3.63, 3.8) is 0 Å². The quantitative estimate of drug-likeness (QED) is 0.707. The first kappa shape index (κ1) is 11.7. The molecule has 0 aromatic heterocycles. The fraction of sp³-hybridized carbons (Fsp3) is 0.222. The van der Waals surface area contributed by atoms with Crippen LogP contribution in [-0.4, -0.2) is 25.7 Å². The molecule has 0 bridgehead atoms. The van der Waals surface area contributed by atoms with Gasteiger partial charge in [-0.25, -0.2) is 9.52 Å². The van der Waals surface area contributed by atoms with E-state index < -0.39 is 16.0 Å². The Labute approximate surface area is 87.8 Å². The van der Waals surface area contributed by atoms with Crippen LogP contribution in [0.5, 0.6) is 0 Å². The Bertz CT molecular complexity index is 493. The number of quaternary nitrogens is 1. The van der Waals surface area contributed by atoms with Crippen molar-refractivity contribution in [2.75, 3.05) is 6.26 Å². The number of carbonyl (C=O) groups is 1.